The predicted molar refractivity (Wildman–Crippen MR) is 127 cm³/mol. The van der Waals surface area contributed by atoms with Crippen molar-refractivity contribution in [3.63, 3.8) is 0 Å². The molecule has 4 rings (SSSR count). The molecule has 0 aliphatic carbocycles. The molecule has 7 nitrogen and oxygen atoms in total. The number of halogens is 1. The van der Waals surface area contributed by atoms with Gasteiger partial charge in [-0.1, -0.05) is 6.07 Å². The van der Waals surface area contributed by atoms with E-state index < -0.39 is 0 Å². The van der Waals surface area contributed by atoms with Crippen LogP contribution in [0.5, 0.6) is 5.75 Å². The third kappa shape index (κ3) is 4.41. The lowest BCUT2D eigenvalue weighted by Gasteiger charge is -2.07. The normalized spacial score (nSPS) is 15.2. The van der Waals surface area contributed by atoms with Crippen LogP contribution in [0.1, 0.15) is 12.5 Å². The Hall–Kier alpha value is -2.56. The van der Waals surface area contributed by atoms with Gasteiger partial charge in [-0.15, -0.1) is 0 Å². The number of aromatic nitrogens is 3. The van der Waals surface area contributed by atoms with Gasteiger partial charge in [-0.25, -0.2) is 14.0 Å². The van der Waals surface area contributed by atoms with Crippen molar-refractivity contribution in [2.75, 3.05) is 12.9 Å². The lowest BCUT2D eigenvalue weighted by Crippen LogP contribution is -2.19. The van der Waals surface area contributed by atoms with Crippen molar-refractivity contribution in [2.24, 2.45) is 0 Å². The molecule has 3 heterocycles. The number of amides is 2. The molecule has 0 bridgehead atoms. The topological polar surface area (TPSA) is 77.3 Å². The first-order chi connectivity index (χ1) is 15.0. The molecule has 10 heteroatoms. The zero-order valence-electron chi connectivity index (χ0n) is 16.6. The van der Waals surface area contributed by atoms with Crippen LogP contribution in [0.25, 0.3) is 23.2 Å². The molecule has 0 radical (unpaired) electrons. The summed E-state index contributed by atoms with van der Waals surface area (Å²) >= 11 is 5.56. The lowest BCUT2D eigenvalue weighted by atomic mass is 10.1. The highest BCUT2D eigenvalue weighted by molar-refractivity contribution is 9.10. The van der Waals surface area contributed by atoms with E-state index in [2.05, 4.69) is 20.9 Å². The van der Waals surface area contributed by atoms with Gasteiger partial charge in [0.15, 0.2) is 5.82 Å². The van der Waals surface area contributed by atoms with Crippen LogP contribution in [0.2, 0.25) is 0 Å². The maximum Gasteiger partial charge on any atom is 0.303 e. The molecule has 0 N–H and O–H groups in total. The van der Waals surface area contributed by atoms with E-state index in [1.807, 2.05) is 43.3 Å². The van der Waals surface area contributed by atoms with E-state index in [0.29, 0.717) is 28.6 Å². The average Bonchev–Trinajstić information content (AvgIpc) is 3.31. The SMILES string of the molecule is CCOc1ccc(-c2nn(-c3ccccn3)cc2/C=C2\SC(=O)N(SC)C2=O)cc1Br. The second-order valence-corrected chi connectivity index (χ2v) is 8.88. The molecule has 0 unspecified atom stereocenters. The second kappa shape index (κ2) is 9.29. The Morgan fingerprint density at radius 1 is 1.26 bits per heavy atom. The highest BCUT2D eigenvalue weighted by Gasteiger charge is 2.35. The van der Waals surface area contributed by atoms with Crippen LogP contribution >= 0.6 is 39.6 Å². The van der Waals surface area contributed by atoms with E-state index in [0.717, 1.165) is 43.8 Å². The number of imide groups is 1. The van der Waals surface area contributed by atoms with Gasteiger partial charge in [-0.2, -0.15) is 5.10 Å². The highest BCUT2D eigenvalue weighted by Crippen LogP contribution is 2.38. The van der Waals surface area contributed by atoms with Gasteiger partial charge >= 0.3 is 5.24 Å². The maximum absolute atomic E-state index is 12.6. The first-order valence-corrected chi connectivity index (χ1v) is 12.1. The van der Waals surface area contributed by atoms with Gasteiger partial charge in [0.25, 0.3) is 5.91 Å². The van der Waals surface area contributed by atoms with Gasteiger partial charge in [0.05, 0.1) is 16.0 Å². The first kappa shape index (κ1) is 21.7. The number of carbonyl (C=O) groups is 2. The fourth-order valence-corrected chi connectivity index (χ4v) is 5.01. The van der Waals surface area contributed by atoms with Crippen molar-refractivity contribution in [3.05, 3.63) is 63.7 Å². The molecule has 2 aromatic heterocycles. The van der Waals surface area contributed by atoms with Crippen LogP contribution in [0.4, 0.5) is 4.79 Å². The lowest BCUT2D eigenvalue weighted by molar-refractivity contribution is -0.119. The molecule has 0 spiro atoms. The molecular formula is C21H17BrN4O3S2. The molecule has 1 aliphatic rings. The van der Waals surface area contributed by atoms with E-state index in [4.69, 9.17) is 9.84 Å². The fourth-order valence-electron chi connectivity index (χ4n) is 3.00. The Morgan fingerprint density at radius 2 is 2.10 bits per heavy atom. The summed E-state index contributed by atoms with van der Waals surface area (Å²) in [4.78, 5) is 29.4. The number of nitrogens with zero attached hydrogens (tertiary/aromatic N) is 4. The summed E-state index contributed by atoms with van der Waals surface area (Å²) in [5, 5.41) is 4.42. The van der Waals surface area contributed by atoms with E-state index in [1.165, 1.54) is 0 Å². The summed E-state index contributed by atoms with van der Waals surface area (Å²) in [6, 6.07) is 11.2. The number of ether oxygens (including phenoxy) is 1. The van der Waals surface area contributed by atoms with E-state index >= 15 is 0 Å². The number of hydrogen-bond acceptors (Lipinski definition) is 7. The van der Waals surface area contributed by atoms with Crippen molar-refractivity contribution in [1.82, 2.24) is 19.1 Å². The Kier molecular flexibility index (Phi) is 6.49. The Labute approximate surface area is 196 Å². The van der Waals surface area contributed by atoms with Crippen LogP contribution in [0.3, 0.4) is 0 Å². The summed E-state index contributed by atoms with van der Waals surface area (Å²) in [6.07, 6.45) is 6.89. The van der Waals surface area contributed by atoms with Crippen LogP contribution in [0.15, 0.2) is 58.2 Å². The van der Waals surface area contributed by atoms with E-state index in [9.17, 15) is 9.59 Å². The second-order valence-electron chi connectivity index (χ2n) is 6.30. The highest BCUT2D eigenvalue weighted by atomic mass is 79.9. The van der Waals surface area contributed by atoms with Gasteiger partial charge < -0.3 is 4.74 Å². The molecule has 0 atom stereocenters. The largest absolute Gasteiger partial charge is 0.493 e. The van der Waals surface area contributed by atoms with Crippen LogP contribution < -0.4 is 4.74 Å². The van der Waals surface area contributed by atoms with Gasteiger partial charge in [0.2, 0.25) is 0 Å². The Morgan fingerprint density at radius 3 is 2.74 bits per heavy atom. The Balaban J connectivity index is 1.82. The number of thioether (sulfide) groups is 1. The maximum atomic E-state index is 12.6. The summed E-state index contributed by atoms with van der Waals surface area (Å²) in [5.41, 5.74) is 2.19. The molecule has 1 saturated heterocycles. The van der Waals surface area contributed by atoms with Crippen molar-refractivity contribution in [3.8, 4) is 22.8 Å². The number of pyridine rings is 1. The summed E-state index contributed by atoms with van der Waals surface area (Å²) in [7, 11) is 0. The average molecular weight is 517 g/mol. The van der Waals surface area contributed by atoms with Crippen LogP contribution in [0, 0.1) is 0 Å². The van der Waals surface area contributed by atoms with E-state index in [-0.39, 0.29) is 11.1 Å². The van der Waals surface area contributed by atoms with E-state index in [1.54, 1.807) is 29.4 Å². The molecule has 1 aromatic carbocycles. The monoisotopic (exact) mass is 516 g/mol. The molecule has 3 aromatic rings. The molecule has 158 valence electrons. The molecule has 1 aliphatic heterocycles. The Bertz CT molecular complexity index is 1180. The molecular weight excluding hydrogens is 500 g/mol. The third-order valence-electron chi connectivity index (χ3n) is 4.36. The zero-order chi connectivity index (χ0) is 22.0. The summed E-state index contributed by atoms with van der Waals surface area (Å²) in [6.45, 7) is 2.48. The summed E-state index contributed by atoms with van der Waals surface area (Å²) < 4.78 is 9.20. The minimum absolute atomic E-state index is 0.300. The first-order valence-electron chi connectivity index (χ1n) is 9.27. The number of carbonyl (C=O) groups excluding carboxylic acids is 2. The quantitative estimate of drug-likeness (QED) is 0.320. The number of hydrogen-bond donors (Lipinski definition) is 0. The standard InChI is InChI=1S/C21H17BrN4O3S2/c1-3-29-16-8-7-13(10-15(16)22)19-14(11-17-20(27)26(30-2)21(28)31-17)12-25(24-19)18-6-4-5-9-23-18/h4-12H,3H2,1-2H3/b17-11-. The van der Waals surface area contributed by atoms with Crippen molar-refractivity contribution in [1.29, 1.82) is 0 Å². The van der Waals surface area contributed by atoms with Gasteiger partial charge in [-0.3, -0.25) is 9.59 Å². The number of benzene rings is 1. The molecule has 0 saturated carbocycles. The van der Waals surface area contributed by atoms with Gasteiger partial charge in [0, 0.05) is 29.8 Å². The summed E-state index contributed by atoms with van der Waals surface area (Å²) in [5.74, 6) is 1.05. The zero-order valence-corrected chi connectivity index (χ0v) is 19.8. The van der Waals surface area contributed by atoms with Crippen molar-refractivity contribution >= 4 is 56.9 Å². The van der Waals surface area contributed by atoms with Crippen molar-refractivity contribution < 1.29 is 14.3 Å². The molecule has 1 fully saturated rings. The minimum Gasteiger partial charge on any atom is -0.493 e. The van der Waals surface area contributed by atoms with Gasteiger partial charge in [-0.05, 0) is 83.0 Å². The third-order valence-corrected chi connectivity index (χ3v) is 6.66. The fraction of sp³-hybridized carbons (Fsp3) is 0.143. The number of rotatable bonds is 6. The van der Waals surface area contributed by atoms with Crippen LogP contribution in [-0.4, -0.2) is 43.1 Å². The predicted octanol–water partition coefficient (Wildman–Crippen LogP) is 5.41. The van der Waals surface area contributed by atoms with Gasteiger partial charge in [0.1, 0.15) is 11.4 Å². The minimum atomic E-state index is -0.327. The van der Waals surface area contributed by atoms with Crippen molar-refractivity contribution in [2.45, 2.75) is 6.92 Å². The van der Waals surface area contributed by atoms with Crippen LogP contribution in [-0.2, 0) is 4.79 Å². The smallest absolute Gasteiger partial charge is 0.303 e. The molecule has 31 heavy (non-hydrogen) atoms. The molecule has 2 amide bonds.